The Bertz CT molecular complexity index is 1040. The lowest BCUT2D eigenvalue weighted by atomic mass is 10.1. The maximum Gasteiger partial charge on any atom is 0.255 e. The van der Waals surface area contributed by atoms with E-state index < -0.39 is 5.82 Å². The van der Waals surface area contributed by atoms with E-state index in [4.69, 9.17) is 0 Å². The van der Waals surface area contributed by atoms with Gasteiger partial charge in [0, 0.05) is 16.1 Å². The van der Waals surface area contributed by atoms with Crippen LogP contribution in [-0.4, -0.2) is 17.6 Å². The van der Waals surface area contributed by atoms with Crippen LogP contribution < -0.4 is 10.6 Å². The van der Waals surface area contributed by atoms with Crippen molar-refractivity contribution in [3.8, 4) is 0 Å². The number of rotatable bonds is 6. The molecule has 6 heteroatoms. The fourth-order valence-electron chi connectivity index (χ4n) is 2.77. The Morgan fingerprint density at radius 3 is 2.34 bits per heavy atom. The summed E-state index contributed by atoms with van der Waals surface area (Å²) in [6.07, 6.45) is 0. The van der Waals surface area contributed by atoms with Gasteiger partial charge in [0.25, 0.3) is 5.91 Å². The summed E-state index contributed by atoms with van der Waals surface area (Å²) in [6, 6.07) is 18.5. The van der Waals surface area contributed by atoms with Crippen molar-refractivity contribution in [2.45, 2.75) is 18.7 Å². The summed E-state index contributed by atoms with van der Waals surface area (Å²) in [5.41, 5.74) is 3.90. The number of anilines is 2. The molecule has 0 radical (unpaired) electrons. The van der Waals surface area contributed by atoms with Crippen LogP contribution in [0.2, 0.25) is 0 Å². The smallest absolute Gasteiger partial charge is 0.255 e. The summed E-state index contributed by atoms with van der Waals surface area (Å²) >= 11 is 1.34. The lowest BCUT2D eigenvalue weighted by Crippen LogP contribution is -2.15. The van der Waals surface area contributed by atoms with Gasteiger partial charge in [0.15, 0.2) is 0 Å². The van der Waals surface area contributed by atoms with Gasteiger partial charge in [-0.05, 0) is 61.9 Å². The van der Waals surface area contributed by atoms with Crippen LogP contribution in [0.3, 0.4) is 0 Å². The minimum absolute atomic E-state index is 0.124. The van der Waals surface area contributed by atoms with Gasteiger partial charge in [0.1, 0.15) is 5.82 Å². The van der Waals surface area contributed by atoms with Crippen LogP contribution in [0.5, 0.6) is 0 Å². The molecule has 0 saturated carbocycles. The minimum Gasteiger partial charge on any atom is -0.325 e. The second-order valence-corrected chi connectivity index (χ2v) is 7.63. The molecule has 0 bridgehead atoms. The number of nitrogens with one attached hydrogen (secondary N) is 2. The molecular weight excluding hydrogens is 387 g/mol. The van der Waals surface area contributed by atoms with Crippen molar-refractivity contribution in [1.82, 2.24) is 0 Å². The number of hydrogen-bond acceptors (Lipinski definition) is 3. The molecule has 0 unspecified atom stereocenters. The number of amides is 2. The Morgan fingerprint density at radius 2 is 1.62 bits per heavy atom. The zero-order valence-corrected chi connectivity index (χ0v) is 17.0. The van der Waals surface area contributed by atoms with Crippen molar-refractivity contribution >= 4 is 35.0 Å². The molecule has 0 aliphatic rings. The van der Waals surface area contributed by atoms with E-state index in [1.807, 2.05) is 44.2 Å². The second-order valence-electron chi connectivity index (χ2n) is 6.61. The van der Waals surface area contributed by atoms with Crippen molar-refractivity contribution in [3.63, 3.8) is 0 Å². The number of para-hydroxylation sites is 1. The molecule has 3 rings (SSSR count). The van der Waals surface area contributed by atoms with Crippen molar-refractivity contribution in [2.75, 3.05) is 16.4 Å². The summed E-state index contributed by atoms with van der Waals surface area (Å²) in [4.78, 5) is 25.5. The summed E-state index contributed by atoms with van der Waals surface area (Å²) in [5.74, 6) is -0.650. The molecular formula is C23H21FN2O2S. The van der Waals surface area contributed by atoms with Crippen LogP contribution in [0, 0.1) is 19.7 Å². The molecule has 3 aromatic carbocycles. The first kappa shape index (κ1) is 20.6. The van der Waals surface area contributed by atoms with Gasteiger partial charge < -0.3 is 10.6 Å². The van der Waals surface area contributed by atoms with Crippen LogP contribution in [0.1, 0.15) is 21.5 Å². The molecule has 0 spiro atoms. The third-order valence-electron chi connectivity index (χ3n) is 4.26. The molecule has 2 amide bonds. The maximum atomic E-state index is 13.0. The lowest BCUT2D eigenvalue weighted by molar-refractivity contribution is -0.113. The van der Waals surface area contributed by atoms with E-state index in [1.165, 1.54) is 36.0 Å². The van der Waals surface area contributed by atoms with E-state index in [1.54, 1.807) is 12.1 Å². The Hall–Kier alpha value is -3.12. The molecule has 148 valence electrons. The highest BCUT2D eigenvalue weighted by Crippen LogP contribution is 2.28. The number of carbonyl (C=O) groups excluding carboxylic acids is 2. The van der Waals surface area contributed by atoms with E-state index in [2.05, 4.69) is 10.6 Å². The van der Waals surface area contributed by atoms with Gasteiger partial charge in [-0.3, -0.25) is 9.59 Å². The van der Waals surface area contributed by atoms with Crippen molar-refractivity contribution in [3.05, 3.63) is 89.2 Å². The third kappa shape index (κ3) is 5.68. The SMILES string of the molecule is Cc1ccc(NC(=O)CSc2ccccc2NC(=O)c2ccc(F)cc2)c(C)c1. The van der Waals surface area contributed by atoms with Crippen LogP contribution in [0.4, 0.5) is 15.8 Å². The van der Waals surface area contributed by atoms with E-state index >= 15 is 0 Å². The first-order valence-corrected chi connectivity index (χ1v) is 10.1. The van der Waals surface area contributed by atoms with Gasteiger partial charge in [-0.15, -0.1) is 11.8 Å². The Labute approximate surface area is 173 Å². The van der Waals surface area contributed by atoms with Crippen molar-refractivity contribution < 1.29 is 14.0 Å². The lowest BCUT2D eigenvalue weighted by Gasteiger charge is -2.12. The standard InChI is InChI=1S/C23H21FN2O2S/c1-15-7-12-19(16(2)13-15)25-22(27)14-29-21-6-4-3-5-20(21)26-23(28)17-8-10-18(24)11-9-17/h3-13H,14H2,1-2H3,(H,25,27)(H,26,28). The van der Waals surface area contributed by atoms with Gasteiger partial charge in [0.2, 0.25) is 5.91 Å². The predicted molar refractivity (Wildman–Crippen MR) is 116 cm³/mol. The van der Waals surface area contributed by atoms with E-state index in [0.29, 0.717) is 11.3 Å². The highest BCUT2D eigenvalue weighted by atomic mass is 32.2. The van der Waals surface area contributed by atoms with Crippen LogP contribution in [0.15, 0.2) is 71.6 Å². The van der Waals surface area contributed by atoms with Gasteiger partial charge in [0.05, 0.1) is 11.4 Å². The zero-order chi connectivity index (χ0) is 20.8. The Morgan fingerprint density at radius 1 is 0.897 bits per heavy atom. The first-order valence-electron chi connectivity index (χ1n) is 9.08. The molecule has 0 aromatic heterocycles. The number of hydrogen-bond donors (Lipinski definition) is 2. The normalized spacial score (nSPS) is 10.4. The van der Waals surface area contributed by atoms with E-state index in [0.717, 1.165) is 21.7 Å². The summed E-state index contributed by atoms with van der Waals surface area (Å²) in [6.45, 7) is 3.96. The second kappa shape index (κ2) is 9.39. The van der Waals surface area contributed by atoms with Gasteiger partial charge in [-0.2, -0.15) is 0 Å². The minimum atomic E-state index is -0.396. The molecule has 0 heterocycles. The number of halogens is 1. The molecule has 0 atom stereocenters. The first-order chi connectivity index (χ1) is 13.9. The largest absolute Gasteiger partial charge is 0.325 e. The predicted octanol–water partition coefficient (Wildman–Crippen LogP) is 5.43. The van der Waals surface area contributed by atoms with Crippen LogP contribution in [-0.2, 0) is 4.79 Å². The van der Waals surface area contributed by atoms with Crippen molar-refractivity contribution in [2.24, 2.45) is 0 Å². The summed E-state index contributed by atoms with van der Waals surface area (Å²) in [7, 11) is 0. The third-order valence-corrected chi connectivity index (χ3v) is 5.33. The van der Waals surface area contributed by atoms with E-state index in [9.17, 15) is 14.0 Å². The number of carbonyl (C=O) groups is 2. The zero-order valence-electron chi connectivity index (χ0n) is 16.2. The molecule has 29 heavy (non-hydrogen) atoms. The highest BCUT2D eigenvalue weighted by Gasteiger charge is 2.11. The highest BCUT2D eigenvalue weighted by molar-refractivity contribution is 8.00. The number of thioether (sulfide) groups is 1. The average molecular weight is 408 g/mol. The fourth-order valence-corrected chi connectivity index (χ4v) is 3.58. The fraction of sp³-hybridized carbons (Fsp3) is 0.130. The molecule has 4 nitrogen and oxygen atoms in total. The summed E-state index contributed by atoms with van der Waals surface area (Å²) < 4.78 is 13.0. The Balaban J connectivity index is 1.63. The van der Waals surface area contributed by atoms with Gasteiger partial charge in [-0.25, -0.2) is 4.39 Å². The molecule has 0 aliphatic carbocycles. The van der Waals surface area contributed by atoms with Gasteiger partial charge in [-0.1, -0.05) is 29.8 Å². The molecule has 0 saturated heterocycles. The summed E-state index contributed by atoms with van der Waals surface area (Å²) in [5, 5.41) is 5.74. The average Bonchev–Trinajstić information content (AvgIpc) is 2.70. The van der Waals surface area contributed by atoms with Crippen LogP contribution in [0.25, 0.3) is 0 Å². The Kier molecular flexibility index (Phi) is 6.67. The molecule has 0 fully saturated rings. The van der Waals surface area contributed by atoms with Crippen molar-refractivity contribution in [1.29, 1.82) is 0 Å². The maximum absolute atomic E-state index is 13.0. The molecule has 2 N–H and O–H groups in total. The molecule has 3 aromatic rings. The van der Waals surface area contributed by atoms with Gasteiger partial charge >= 0.3 is 0 Å². The topological polar surface area (TPSA) is 58.2 Å². The van der Waals surface area contributed by atoms with Crippen LogP contribution >= 0.6 is 11.8 Å². The quantitative estimate of drug-likeness (QED) is 0.535. The van der Waals surface area contributed by atoms with E-state index in [-0.39, 0.29) is 17.6 Å². The number of benzene rings is 3. The number of aryl methyl sites for hydroxylation is 2. The monoisotopic (exact) mass is 408 g/mol. The molecule has 0 aliphatic heterocycles.